The number of nitrogens with zero attached hydrogens (tertiary/aromatic N) is 1. The van der Waals surface area contributed by atoms with Gasteiger partial charge >= 0.3 is 0 Å². The molecule has 16 heavy (non-hydrogen) atoms. The van der Waals surface area contributed by atoms with Crippen molar-refractivity contribution >= 4 is 0 Å². The van der Waals surface area contributed by atoms with Gasteiger partial charge in [0.2, 0.25) is 0 Å². The summed E-state index contributed by atoms with van der Waals surface area (Å²) >= 11 is 0. The zero-order chi connectivity index (χ0) is 11.5. The fraction of sp³-hybridized carbons (Fsp3) is 0.600. The van der Waals surface area contributed by atoms with Crippen LogP contribution < -0.4 is 0 Å². The highest BCUT2D eigenvalue weighted by Crippen LogP contribution is 2.29. The van der Waals surface area contributed by atoms with Gasteiger partial charge in [0.05, 0.1) is 0 Å². The van der Waals surface area contributed by atoms with Crippen LogP contribution in [0, 0.1) is 11.8 Å². The van der Waals surface area contributed by atoms with E-state index < -0.39 is 0 Å². The van der Waals surface area contributed by atoms with Gasteiger partial charge in [-0.05, 0) is 23.8 Å². The summed E-state index contributed by atoms with van der Waals surface area (Å²) in [5, 5.41) is 0. The van der Waals surface area contributed by atoms with Crippen molar-refractivity contribution < 1.29 is 0 Å². The van der Waals surface area contributed by atoms with E-state index in [1.807, 2.05) is 0 Å². The molecular weight excluding hydrogens is 194 g/mol. The second-order valence-corrected chi connectivity index (χ2v) is 5.57. The van der Waals surface area contributed by atoms with Crippen molar-refractivity contribution in [1.29, 1.82) is 0 Å². The van der Waals surface area contributed by atoms with E-state index in [-0.39, 0.29) is 0 Å². The second kappa shape index (κ2) is 5.01. The molecule has 1 aromatic rings. The van der Waals surface area contributed by atoms with E-state index in [1.54, 1.807) is 0 Å². The molecule has 1 aliphatic heterocycles. The van der Waals surface area contributed by atoms with Gasteiger partial charge in [-0.25, -0.2) is 0 Å². The van der Waals surface area contributed by atoms with Crippen LogP contribution in [0.25, 0.3) is 0 Å². The Bertz CT molecular complexity index is 317. The van der Waals surface area contributed by atoms with Crippen molar-refractivity contribution in [2.45, 2.75) is 39.8 Å². The first kappa shape index (κ1) is 11.7. The predicted octanol–water partition coefficient (Wildman–Crippen LogP) is 3.55. The van der Waals surface area contributed by atoms with Crippen molar-refractivity contribution in [1.82, 2.24) is 4.90 Å². The largest absolute Gasteiger partial charge is 0.296 e. The highest BCUT2D eigenvalue weighted by atomic mass is 15.2. The molecule has 0 aliphatic carbocycles. The first-order chi connectivity index (χ1) is 7.66. The molecule has 0 radical (unpaired) electrons. The average Bonchev–Trinajstić information content (AvgIpc) is 2.61. The number of likely N-dealkylation sites (tertiary alicyclic amines) is 1. The summed E-state index contributed by atoms with van der Waals surface area (Å²) in [5.41, 5.74) is 1.45. The van der Waals surface area contributed by atoms with E-state index in [2.05, 4.69) is 56.0 Å². The van der Waals surface area contributed by atoms with Crippen LogP contribution in [0.5, 0.6) is 0 Å². The molecular formula is C15H23N. The summed E-state index contributed by atoms with van der Waals surface area (Å²) in [6.07, 6.45) is 1.37. The van der Waals surface area contributed by atoms with Gasteiger partial charge in [0.25, 0.3) is 0 Å². The maximum Gasteiger partial charge on any atom is 0.0236 e. The molecule has 2 atom stereocenters. The van der Waals surface area contributed by atoms with E-state index in [0.717, 1.165) is 24.4 Å². The van der Waals surface area contributed by atoms with Crippen LogP contribution in [-0.2, 0) is 6.54 Å². The number of hydrogen-bond acceptors (Lipinski definition) is 1. The summed E-state index contributed by atoms with van der Waals surface area (Å²) in [7, 11) is 0. The van der Waals surface area contributed by atoms with Crippen LogP contribution in [0.2, 0.25) is 0 Å². The molecule has 0 N–H and O–H groups in total. The van der Waals surface area contributed by atoms with Crippen LogP contribution >= 0.6 is 0 Å². The molecule has 0 bridgehead atoms. The maximum atomic E-state index is 2.66. The fourth-order valence-corrected chi connectivity index (χ4v) is 2.87. The van der Waals surface area contributed by atoms with E-state index >= 15 is 0 Å². The molecule has 1 fully saturated rings. The molecule has 0 spiro atoms. The van der Waals surface area contributed by atoms with Gasteiger partial charge in [-0.15, -0.1) is 0 Å². The van der Waals surface area contributed by atoms with Gasteiger partial charge in [0.15, 0.2) is 0 Å². The van der Waals surface area contributed by atoms with Crippen LogP contribution in [0.15, 0.2) is 30.3 Å². The quantitative estimate of drug-likeness (QED) is 0.748. The van der Waals surface area contributed by atoms with E-state index in [9.17, 15) is 0 Å². The van der Waals surface area contributed by atoms with Crippen molar-refractivity contribution in [3.8, 4) is 0 Å². The second-order valence-electron chi connectivity index (χ2n) is 5.57. The van der Waals surface area contributed by atoms with Crippen LogP contribution in [0.1, 0.15) is 32.8 Å². The van der Waals surface area contributed by atoms with Crippen molar-refractivity contribution in [3.05, 3.63) is 35.9 Å². The normalized spacial score (nSPS) is 26.5. The Morgan fingerprint density at radius 1 is 1.25 bits per heavy atom. The molecule has 1 nitrogen and oxygen atoms in total. The first-order valence-electron chi connectivity index (χ1n) is 6.45. The Kier molecular flexibility index (Phi) is 3.65. The third-order valence-corrected chi connectivity index (χ3v) is 3.66. The third-order valence-electron chi connectivity index (χ3n) is 3.66. The first-order valence-corrected chi connectivity index (χ1v) is 6.45. The van der Waals surface area contributed by atoms with Gasteiger partial charge in [0.1, 0.15) is 0 Å². The SMILES string of the molecule is CC(C)[C@H]1C[C@@H](C)CN1Cc1ccccc1. The molecule has 1 aromatic carbocycles. The number of hydrogen-bond donors (Lipinski definition) is 0. The van der Waals surface area contributed by atoms with Crippen molar-refractivity contribution in [2.24, 2.45) is 11.8 Å². The Hall–Kier alpha value is -0.820. The molecule has 88 valence electrons. The Morgan fingerprint density at radius 2 is 1.94 bits per heavy atom. The van der Waals surface area contributed by atoms with Gasteiger partial charge in [-0.3, -0.25) is 4.90 Å². The average molecular weight is 217 g/mol. The van der Waals surface area contributed by atoms with Gasteiger partial charge in [-0.2, -0.15) is 0 Å². The number of benzene rings is 1. The summed E-state index contributed by atoms with van der Waals surface area (Å²) in [6.45, 7) is 9.45. The third kappa shape index (κ3) is 2.65. The van der Waals surface area contributed by atoms with Crippen molar-refractivity contribution in [3.63, 3.8) is 0 Å². The molecule has 1 saturated heterocycles. The molecule has 0 unspecified atom stereocenters. The topological polar surface area (TPSA) is 3.24 Å². The Balaban J connectivity index is 2.03. The zero-order valence-electron chi connectivity index (χ0n) is 10.7. The fourth-order valence-electron chi connectivity index (χ4n) is 2.87. The monoisotopic (exact) mass is 217 g/mol. The van der Waals surface area contributed by atoms with Crippen LogP contribution in [-0.4, -0.2) is 17.5 Å². The molecule has 0 amide bonds. The number of rotatable bonds is 3. The summed E-state index contributed by atoms with van der Waals surface area (Å²) in [5.74, 6) is 1.63. The minimum Gasteiger partial charge on any atom is -0.296 e. The molecule has 1 heteroatoms. The van der Waals surface area contributed by atoms with Gasteiger partial charge in [0, 0.05) is 19.1 Å². The molecule has 2 rings (SSSR count). The van der Waals surface area contributed by atoms with Crippen LogP contribution in [0.3, 0.4) is 0 Å². The van der Waals surface area contributed by atoms with E-state index in [0.29, 0.717) is 0 Å². The highest BCUT2D eigenvalue weighted by Gasteiger charge is 2.31. The van der Waals surface area contributed by atoms with Gasteiger partial charge < -0.3 is 0 Å². The lowest BCUT2D eigenvalue weighted by molar-refractivity contribution is 0.198. The lowest BCUT2D eigenvalue weighted by atomic mass is 9.98. The smallest absolute Gasteiger partial charge is 0.0236 e. The Labute approximate surface area is 99.5 Å². The van der Waals surface area contributed by atoms with E-state index in [1.165, 1.54) is 18.5 Å². The Morgan fingerprint density at radius 3 is 2.56 bits per heavy atom. The summed E-state index contributed by atoms with van der Waals surface area (Å²) < 4.78 is 0. The molecule has 1 heterocycles. The summed E-state index contributed by atoms with van der Waals surface area (Å²) in [6, 6.07) is 11.6. The standard InChI is InChI=1S/C15H23N/c1-12(2)15-9-13(3)10-16(15)11-14-7-5-4-6-8-14/h4-8,12-13,15H,9-11H2,1-3H3/t13-,15-/m1/s1. The van der Waals surface area contributed by atoms with E-state index in [4.69, 9.17) is 0 Å². The maximum absolute atomic E-state index is 2.66. The highest BCUT2D eigenvalue weighted by molar-refractivity contribution is 5.15. The molecule has 0 aromatic heterocycles. The van der Waals surface area contributed by atoms with Crippen molar-refractivity contribution in [2.75, 3.05) is 6.54 Å². The zero-order valence-corrected chi connectivity index (χ0v) is 10.7. The summed E-state index contributed by atoms with van der Waals surface area (Å²) in [4.78, 5) is 2.66. The molecule has 1 aliphatic rings. The minimum absolute atomic E-state index is 0.772. The lowest BCUT2D eigenvalue weighted by Gasteiger charge is -2.27. The minimum atomic E-state index is 0.772. The predicted molar refractivity (Wildman–Crippen MR) is 69.3 cm³/mol. The molecule has 0 saturated carbocycles. The van der Waals surface area contributed by atoms with Crippen LogP contribution in [0.4, 0.5) is 0 Å². The van der Waals surface area contributed by atoms with Gasteiger partial charge in [-0.1, -0.05) is 51.1 Å². The lowest BCUT2D eigenvalue weighted by Crippen LogP contribution is -2.32.